The van der Waals surface area contributed by atoms with Crippen LogP contribution < -0.4 is 20.3 Å². The summed E-state index contributed by atoms with van der Waals surface area (Å²) in [5.41, 5.74) is -0.452. The molecule has 3 heterocycles. The molecular formula is C25H30N6O6S2. The quantitative estimate of drug-likeness (QED) is 0.386. The SMILES string of the molecule is CC(C)CCn1c(=O)c(C2=NS(=O)(=O)c3cc(N(C4CCCC4)S(N)(=O)=O)ccc3N2)c(O)c2cccnc21. The lowest BCUT2D eigenvalue weighted by atomic mass is 10.1. The second-order valence-electron chi connectivity index (χ2n) is 10.2. The molecule has 4 N–H and O–H groups in total. The maximum Gasteiger partial charge on any atom is 0.299 e. The second kappa shape index (κ2) is 9.92. The van der Waals surface area contributed by atoms with Gasteiger partial charge in [-0.3, -0.25) is 13.7 Å². The van der Waals surface area contributed by atoms with Gasteiger partial charge in [0.1, 0.15) is 21.9 Å². The van der Waals surface area contributed by atoms with E-state index in [1.807, 2.05) is 13.8 Å². The summed E-state index contributed by atoms with van der Waals surface area (Å²) < 4.78 is 57.9. The van der Waals surface area contributed by atoms with Gasteiger partial charge in [-0.2, -0.15) is 16.8 Å². The smallest absolute Gasteiger partial charge is 0.299 e. The average molecular weight is 575 g/mol. The van der Waals surface area contributed by atoms with Gasteiger partial charge in [-0.1, -0.05) is 26.7 Å². The number of hydrogen-bond donors (Lipinski definition) is 3. The molecule has 1 aliphatic heterocycles. The predicted molar refractivity (Wildman–Crippen MR) is 149 cm³/mol. The molecule has 1 aromatic carbocycles. The fourth-order valence-electron chi connectivity index (χ4n) is 5.17. The molecule has 2 aliphatic rings. The lowest BCUT2D eigenvalue weighted by Crippen LogP contribution is -2.43. The van der Waals surface area contributed by atoms with Gasteiger partial charge < -0.3 is 10.4 Å². The molecule has 0 bridgehead atoms. The molecule has 0 atom stereocenters. The number of rotatable bonds is 7. The number of fused-ring (bicyclic) bond motifs is 2. The highest BCUT2D eigenvalue weighted by atomic mass is 32.2. The van der Waals surface area contributed by atoms with Gasteiger partial charge in [-0.15, -0.1) is 4.40 Å². The summed E-state index contributed by atoms with van der Waals surface area (Å²) in [4.78, 5) is 17.6. The largest absolute Gasteiger partial charge is 0.506 e. The van der Waals surface area contributed by atoms with E-state index in [0.717, 1.165) is 17.1 Å². The first-order valence-corrected chi connectivity index (χ1v) is 15.6. The van der Waals surface area contributed by atoms with Crippen molar-refractivity contribution in [1.29, 1.82) is 0 Å². The molecule has 5 rings (SSSR count). The highest BCUT2D eigenvalue weighted by Crippen LogP contribution is 2.37. The Labute approximate surface area is 226 Å². The third-order valence-electron chi connectivity index (χ3n) is 7.05. The molecule has 1 fully saturated rings. The first kappa shape index (κ1) is 27.1. The van der Waals surface area contributed by atoms with E-state index in [9.17, 15) is 26.7 Å². The summed E-state index contributed by atoms with van der Waals surface area (Å²) in [6.07, 6.45) is 5.07. The fourth-order valence-corrected chi connectivity index (χ4v) is 7.35. The molecule has 0 amide bonds. The van der Waals surface area contributed by atoms with Crippen molar-refractivity contribution < 1.29 is 21.9 Å². The van der Waals surface area contributed by atoms with Crippen LogP contribution >= 0.6 is 0 Å². The first-order valence-electron chi connectivity index (χ1n) is 12.7. The van der Waals surface area contributed by atoms with Crippen LogP contribution in [0.25, 0.3) is 11.0 Å². The van der Waals surface area contributed by atoms with Crippen molar-refractivity contribution in [2.45, 2.75) is 63.4 Å². The van der Waals surface area contributed by atoms with Gasteiger partial charge in [0.05, 0.1) is 16.8 Å². The number of aromatic nitrogens is 2. The third-order valence-corrected chi connectivity index (χ3v) is 9.43. The van der Waals surface area contributed by atoms with E-state index in [4.69, 9.17) is 5.14 Å². The molecular weight excluding hydrogens is 544 g/mol. The molecule has 0 radical (unpaired) electrons. The number of nitrogens with two attached hydrogens (primary N) is 1. The van der Waals surface area contributed by atoms with Crippen molar-refractivity contribution in [3.63, 3.8) is 0 Å². The lowest BCUT2D eigenvalue weighted by Gasteiger charge is -2.29. The summed E-state index contributed by atoms with van der Waals surface area (Å²) in [6.45, 7) is 4.33. The number of hydrogen-bond acceptors (Lipinski definition) is 8. The minimum absolute atomic E-state index is 0.0864. The van der Waals surface area contributed by atoms with Crippen molar-refractivity contribution in [1.82, 2.24) is 9.55 Å². The highest BCUT2D eigenvalue weighted by Gasteiger charge is 2.34. The molecule has 14 heteroatoms. The highest BCUT2D eigenvalue weighted by molar-refractivity contribution is 7.91. The van der Waals surface area contributed by atoms with E-state index >= 15 is 0 Å². The van der Waals surface area contributed by atoms with E-state index in [-0.39, 0.29) is 50.7 Å². The van der Waals surface area contributed by atoms with Gasteiger partial charge in [0.15, 0.2) is 5.84 Å². The number of nitrogens with one attached hydrogen (secondary N) is 1. The van der Waals surface area contributed by atoms with Crippen molar-refractivity contribution >= 4 is 48.5 Å². The van der Waals surface area contributed by atoms with Crippen LogP contribution in [0.4, 0.5) is 11.4 Å². The number of aryl methyl sites for hydroxylation is 1. The molecule has 0 saturated heterocycles. The first-order chi connectivity index (χ1) is 18.4. The zero-order valence-corrected chi connectivity index (χ0v) is 23.2. The molecule has 1 aliphatic carbocycles. The van der Waals surface area contributed by atoms with Crippen LogP contribution in [0.3, 0.4) is 0 Å². The summed E-state index contributed by atoms with van der Waals surface area (Å²) in [5.74, 6) is -0.492. The number of aromatic hydroxyl groups is 1. The maximum absolute atomic E-state index is 13.6. The number of sulfonamides is 1. The second-order valence-corrected chi connectivity index (χ2v) is 13.2. The Bertz CT molecular complexity index is 1760. The fraction of sp³-hybridized carbons (Fsp3) is 0.400. The Morgan fingerprint density at radius 2 is 1.95 bits per heavy atom. The van der Waals surface area contributed by atoms with Crippen LogP contribution in [0.5, 0.6) is 5.75 Å². The number of pyridine rings is 2. The predicted octanol–water partition coefficient (Wildman–Crippen LogP) is 2.66. The zero-order valence-electron chi connectivity index (χ0n) is 21.5. The van der Waals surface area contributed by atoms with Crippen molar-refractivity contribution in [2.24, 2.45) is 15.5 Å². The molecule has 0 unspecified atom stereocenters. The monoisotopic (exact) mass is 574 g/mol. The van der Waals surface area contributed by atoms with Gasteiger partial charge in [0.2, 0.25) is 0 Å². The normalized spacial score (nSPS) is 17.2. The Morgan fingerprint density at radius 3 is 2.62 bits per heavy atom. The van der Waals surface area contributed by atoms with Crippen molar-refractivity contribution in [3.05, 3.63) is 52.4 Å². The van der Waals surface area contributed by atoms with Gasteiger partial charge in [0, 0.05) is 18.8 Å². The maximum atomic E-state index is 13.6. The van der Waals surface area contributed by atoms with Gasteiger partial charge in [-0.05, 0) is 55.5 Å². The van der Waals surface area contributed by atoms with Crippen molar-refractivity contribution in [3.8, 4) is 5.75 Å². The molecule has 208 valence electrons. The van der Waals surface area contributed by atoms with E-state index in [1.165, 1.54) is 29.0 Å². The lowest BCUT2D eigenvalue weighted by molar-refractivity contribution is 0.473. The molecule has 3 aromatic rings. The van der Waals surface area contributed by atoms with Gasteiger partial charge >= 0.3 is 0 Å². The molecule has 2 aromatic heterocycles. The van der Waals surface area contributed by atoms with E-state index in [1.54, 1.807) is 12.1 Å². The van der Waals surface area contributed by atoms with Crippen LogP contribution in [0.1, 0.15) is 51.5 Å². The topological polar surface area (TPSA) is 177 Å². The standard InChI is InChI=1S/C25H30N6O6S2/c1-15(2)11-13-30-24-18(8-5-12-27-24)22(32)21(25(30)33)23-28-19-10-9-17(14-20(19)38(34,35)29-23)31(39(26,36)37)16-6-3-4-7-16/h5,8-10,12,14-16,32H,3-4,6-7,11,13H2,1-2H3,(H,28,29)(H2,26,36,37). The number of benzene rings is 1. The van der Waals surface area contributed by atoms with Gasteiger partial charge in [-0.25, -0.2) is 10.1 Å². The summed E-state index contributed by atoms with van der Waals surface area (Å²) in [6, 6.07) is 6.90. The zero-order chi connectivity index (χ0) is 28.1. The number of anilines is 2. The van der Waals surface area contributed by atoms with E-state index in [2.05, 4.69) is 14.7 Å². The van der Waals surface area contributed by atoms with Crippen LogP contribution in [-0.2, 0) is 26.8 Å². The summed E-state index contributed by atoms with van der Waals surface area (Å²) in [5, 5.41) is 19.7. The summed E-state index contributed by atoms with van der Waals surface area (Å²) in [7, 11) is -8.57. The van der Waals surface area contributed by atoms with Crippen LogP contribution in [0.2, 0.25) is 0 Å². The Hall–Kier alpha value is -3.49. The van der Waals surface area contributed by atoms with E-state index in [0.29, 0.717) is 25.8 Å². The summed E-state index contributed by atoms with van der Waals surface area (Å²) >= 11 is 0. The third kappa shape index (κ3) is 4.99. The minimum atomic E-state index is -4.40. The number of amidine groups is 1. The van der Waals surface area contributed by atoms with Gasteiger partial charge in [0.25, 0.3) is 25.8 Å². The van der Waals surface area contributed by atoms with Crippen LogP contribution in [-0.4, -0.2) is 43.4 Å². The Kier molecular flexibility index (Phi) is 6.89. The number of nitrogens with zero attached hydrogens (tertiary/aromatic N) is 4. The molecule has 12 nitrogen and oxygen atoms in total. The Balaban J connectivity index is 1.63. The van der Waals surface area contributed by atoms with E-state index < -0.39 is 31.5 Å². The van der Waals surface area contributed by atoms with Crippen LogP contribution in [0.15, 0.2) is 50.6 Å². The molecule has 1 saturated carbocycles. The molecule has 39 heavy (non-hydrogen) atoms. The minimum Gasteiger partial charge on any atom is -0.506 e. The average Bonchev–Trinajstić information content (AvgIpc) is 3.37. The molecule has 0 spiro atoms. The van der Waals surface area contributed by atoms with Crippen molar-refractivity contribution in [2.75, 3.05) is 9.62 Å². The van der Waals surface area contributed by atoms with Crippen LogP contribution in [0, 0.1) is 5.92 Å². The Morgan fingerprint density at radius 1 is 1.23 bits per heavy atom.